The van der Waals surface area contributed by atoms with Crippen LogP contribution in [0.15, 0.2) is 24.5 Å². The summed E-state index contributed by atoms with van der Waals surface area (Å²) in [7, 11) is 3.43. The first-order chi connectivity index (χ1) is 12.8. The fourth-order valence-electron chi connectivity index (χ4n) is 3.94. The van der Waals surface area contributed by atoms with Gasteiger partial charge in [0.1, 0.15) is 23.7 Å². The van der Waals surface area contributed by atoms with Crippen molar-refractivity contribution >= 4 is 0 Å². The Bertz CT molecular complexity index is 741. The van der Waals surface area contributed by atoms with Crippen LogP contribution in [0.25, 0.3) is 0 Å². The van der Waals surface area contributed by atoms with Gasteiger partial charge in [-0.05, 0) is 56.3 Å². The van der Waals surface area contributed by atoms with Crippen molar-refractivity contribution < 1.29 is 9.47 Å². The van der Waals surface area contributed by atoms with E-state index < -0.39 is 0 Å². The predicted molar refractivity (Wildman–Crippen MR) is 99.3 cm³/mol. The van der Waals surface area contributed by atoms with E-state index in [1.54, 1.807) is 14.2 Å². The minimum atomic E-state index is 0.320. The molecule has 1 saturated heterocycles. The molecule has 0 bridgehead atoms. The van der Waals surface area contributed by atoms with E-state index in [-0.39, 0.29) is 0 Å². The maximum Gasteiger partial charge on any atom is 0.150 e. The second kappa shape index (κ2) is 7.66. The number of aromatic nitrogens is 3. The maximum absolute atomic E-state index is 5.58. The third-order valence-electron chi connectivity index (χ3n) is 5.57. The molecule has 140 valence electrons. The largest absolute Gasteiger partial charge is 0.497 e. The number of hydrogen-bond acceptors (Lipinski definition) is 5. The minimum absolute atomic E-state index is 0.320. The van der Waals surface area contributed by atoms with E-state index in [2.05, 4.69) is 25.7 Å². The zero-order valence-corrected chi connectivity index (χ0v) is 15.7. The van der Waals surface area contributed by atoms with Gasteiger partial charge in [0.05, 0.1) is 20.3 Å². The van der Waals surface area contributed by atoms with Crippen LogP contribution in [0.4, 0.5) is 0 Å². The Morgan fingerprint density at radius 1 is 1.12 bits per heavy atom. The Labute approximate surface area is 155 Å². The topological polar surface area (TPSA) is 52.4 Å². The molecule has 2 fully saturated rings. The summed E-state index contributed by atoms with van der Waals surface area (Å²) in [6.45, 7) is 2.97. The Morgan fingerprint density at radius 3 is 2.77 bits per heavy atom. The van der Waals surface area contributed by atoms with Crippen molar-refractivity contribution in [1.82, 2.24) is 19.7 Å². The van der Waals surface area contributed by atoms with Gasteiger partial charge in [0, 0.05) is 18.7 Å². The molecule has 1 aromatic carbocycles. The number of rotatable bonds is 7. The summed E-state index contributed by atoms with van der Waals surface area (Å²) in [6, 6.07) is 6.34. The Morgan fingerprint density at radius 2 is 2.00 bits per heavy atom. The second-order valence-electron chi connectivity index (χ2n) is 7.44. The summed E-state index contributed by atoms with van der Waals surface area (Å²) in [5, 5.41) is 8.73. The Hall–Kier alpha value is -2.08. The highest BCUT2D eigenvalue weighted by molar-refractivity contribution is 5.40. The molecule has 0 radical (unpaired) electrons. The number of hydrogen-bond donors (Lipinski definition) is 0. The van der Waals surface area contributed by atoms with Crippen molar-refractivity contribution in [3.63, 3.8) is 0 Å². The average molecular weight is 356 g/mol. The molecule has 1 aliphatic carbocycles. The van der Waals surface area contributed by atoms with Crippen molar-refractivity contribution in [2.75, 3.05) is 20.8 Å². The van der Waals surface area contributed by atoms with E-state index >= 15 is 0 Å². The fourth-order valence-corrected chi connectivity index (χ4v) is 3.94. The van der Waals surface area contributed by atoms with Crippen LogP contribution < -0.4 is 9.47 Å². The molecule has 0 spiro atoms. The number of nitrogens with zero attached hydrogens (tertiary/aromatic N) is 4. The molecule has 0 N–H and O–H groups in total. The first-order valence-corrected chi connectivity index (χ1v) is 9.61. The highest BCUT2D eigenvalue weighted by Crippen LogP contribution is 2.36. The normalized spacial score (nSPS) is 20.9. The molecule has 2 aliphatic rings. The van der Waals surface area contributed by atoms with Crippen molar-refractivity contribution in [2.24, 2.45) is 5.92 Å². The standard InChI is InChI=1S/C20H28N4O2/c1-25-17-8-9-19(26-2)16(11-17)13-23-10-4-3-5-18(23)20-22-21-14-24(20)12-15-6-7-15/h8-9,11,14-15,18H,3-7,10,12-13H2,1-2H3/t18-/m0/s1. The van der Waals surface area contributed by atoms with E-state index in [1.807, 2.05) is 18.5 Å². The smallest absolute Gasteiger partial charge is 0.150 e. The highest BCUT2D eigenvalue weighted by atomic mass is 16.5. The van der Waals surface area contributed by atoms with Crippen LogP contribution in [-0.4, -0.2) is 40.4 Å². The maximum atomic E-state index is 5.58. The number of ether oxygens (including phenoxy) is 2. The quantitative estimate of drug-likeness (QED) is 0.761. The Kier molecular flexibility index (Phi) is 5.11. The van der Waals surface area contributed by atoms with Crippen molar-refractivity contribution in [2.45, 2.75) is 51.2 Å². The molecule has 1 saturated carbocycles. The third-order valence-corrected chi connectivity index (χ3v) is 5.57. The van der Waals surface area contributed by atoms with Gasteiger partial charge in [-0.15, -0.1) is 10.2 Å². The number of methoxy groups -OCH3 is 2. The molecule has 0 unspecified atom stereocenters. The lowest BCUT2D eigenvalue weighted by atomic mass is 10.00. The zero-order chi connectivity index (χ0) is 17.9. The van der Waals surface area contributed by atoms with Crippen molar-refractivity contribution in [1.29, 1.82) is 0 Å². The lowest BCUT2D eigenvalue weighted by molar-refractivity contribution is 0.128. The first-order valence-electron chi connectivity index (χ1n) is 9.61. The molecule has 4 rings (SSSR count). The van der Waals surface area contributed by atoms with E-state index in [0.717, 1.165) is 54.9 Å². The van der Waals surface area contributed by atoms with Crippen LogP contribution in [0.1, 0.15) is 49.5 Å². The van der Waals surface area contributed by atoms with Crippen molar-refractivity contribution in [3.8, 4) is 11.5 Å². The van der Waals surface area contributed by atoms with Gasteiger partial charge >= 0.3 is 0 Å². The fraction of sp³-hybridized carbons (Fsp3) is 0.600. The molecule has 2 heterocycles. The molecule has 6 nitrogen and oxygen atoms in total. The van der Waals surface area contributed by atoms with Crippen LogP contribution in [0.3, 0.4) is 0 Å². The summed E-state index contributed by atoms with van der Waals surface area (Å²) in [5.41, 5.74) is 1.16. The van der Waals surface area contributed by atoms with E-state index in [4.69, 9.17) is 9.47 Å². The zero-order valence-electron chi connectivity index (χ0n) is 15.7. The van der Waals surface area contributed by atoms with Crippen LogP contribution in [0.2, 0.25) is 0 Å². The van der Waals surface area contributed by atoms with Gasteiger partial charge in [-0.2, -0.15) is 0 Å². The summed E-state index contributed by atoms with van der Waals surface area (Å²) >= 11 is 0. The van der Waals surface area contributed by atoms with Gasteiger partial charge in [-0.1, -0.05) is 6.42 Å². The SMILES string of the molecule is COc1ccc(OC)c(CN2CCCC[C@H]2c2nncn2CC2CC2)c1. The number of piperidine rings is 1. The monoisotopic (exact) mass is 356 g/mol. The van der Waals surface area contributed by atoms with E-state index in [1.165, 1.54) is 25.7 Å². The first kappa shape index (κ1) is 17.3. The molecule has 2 aromatic rings. The summed E-state index contributed by atoms with van der Waals surface area (Å²) in [5.74, 6) is 3.72. The second-order valence-corrected chi connectivity index (χ2v) is 7.44. The molecule has 1 aliphatic heterocycles. The Balaban J connectivity index is 1.57. The molecule has 6 heteroatoms. The van der Waals surface area contributed by atoms with Crippen LogP contribution in [-0.2, 0) is 13.1 Å². The average Bonchev–Trinajstić information content (AvgIpc) is 3.38. The van der Waals surface area contributed by atoms with Gasteiger partial charge in [-0.3, -0.25) is 4.90 Å². The predicted octanol–water partition coefficient (Wildman–Crippen LogP) is 3.43. The molecule has 26 heavy (non-hydrogen) atoms. The van der Waals surface area contributed by atoms with Gasteiger partial charge in [0.2, 0.25) is 0 Å². The summed E-state index contributed by atoms with van der Waals surface area (Å²) in [6.07, 6.45) is 8.19. The van der Waals surface area contributed by atoms with Gasteiger partial charge in [-0.25, -0.2) is 0 Å². The molecular weight excluding hydrogens is 328 g/mol. The van der Waals surface area contributed by atoms with Crippen molar-refractivity contribution in [3.05, 3.63) is 35.9 Å². The lowest BCUT2D eigenvalue weighted by Gasteiger charge is -2.35. The minimum Gasteiger partial charge on any atom is -0.497 e. The van der Waals surface area contributed by atoms with E-state index in [9.17, 15) is 0 Å². The van der Waals surface area contributed by atoms with Gasteiger partial charge < -0.3 is 14.0 Å². The van der Waals surface area contributed by atoms with Crippen LogP contribution in [0, 0.1) is 5.92 Å². The summed E-state index contributed by atoms with van der Waals surface area (Å²) < 4.78 is 13.3. The molecular formula is C20H28N4O2. The van der Waals surface area contributed by atoms with Crippen LogP contribution in [0.5, 0.6) is 11.5 Å². The lowest BCUT2D eigenvalue weighted by Crippen LogP contribution is -2.34. The summed E-state index contributed by atoms with van der Waals surface area (Å²) in [4.78, 5) is 2.52. The number of benzene rings is 1. The van der Waals surface area contributed by atoms with Gasteiger partial charge in [0.25, 0.3) is 0 Å². The third kappa shape index (κ3) is 3.70. The van der Waals surface area contributed by atoms with E-state index in [0.29, 0.717) is 6.04 Å². The molecule has 0 amide bonds. The van der Waals surface area contributed by atoms with Crippen LogP contribution >= 0.6 is 0 Å². The molecule has 1 atom stereocenters. The van der Waals surface area contributed by atoms with Gasteiger partial charge in [0.15, 0.2) is 0 Å². The number of likely N-dealkylation sites (tertiary alicyclic amines) is 1. The molecule has 1 aromatic heterocycles. The highest BCUT2D eigenvalue weighted by Gasteiger charge is 2.30.